The molecule has 0 aliphatic heterocycles. The maximum atomic E-state index is 11.2. The van der Waals surface area contributed by atoms with E-state index in [1.807, 2.05) is 0 Å². The van der Waals surface area contributed by atoms with Gasteiger partial charge in [0.1, 0.15) is 17.5 Å². The van der Waals surface area contributed by atoms with Gasteiger partial charge in [0.2, 0.25) is 0 Å². The molecule has 0 aliphatic rings. The lowest BCUT2D eigenvalue weighted by Gasteiger charge is -1.96. The number of nitrogen functional groups attached to an aromatic ring is 1. The number of nitrogens with two attached hydrogens (primary N) is 2. The van der Waals surface area contributed by atoms with Gasteiger partial charge in [-0.3, -0.25) is 14.7 Å². The Morgan fingerprint density at radius 3 is 2.42 bits per heavy atom. The van der Waals surface area contributed by atoms with Crippen molar-refractivity contribution in [3.05, 3.63) is 45.6 Å². The molecule has 0 unspecified atom stereocenters. The summed E-state index contributed by atoms with van der Waals surface area (Å²) in [6.07, 6.45) is 1.94. The Bertz CT molecular complexity index is 789. The highest BCUT2D eigenvalue weighted by atomic mass is 35.5. The summed E-state index contributed by atoms with van der Waals surface area (Å²) in [5, 5.41) is 6.56. The van der Waals surface area contributed by atoms with Gasteiger partial charge in [-0.25, -0.2) is 0 Å². The van der Waals surface area contributed by atoms with Gasteiger partial charge in [0, 0.05) is 25.3 Å². The quantitative estimate of drug-likeness (QED) is 0.547. The molecule has 0 saturated carbocycles. The zero-order valence-electron chi connectivity index (χ0n) is 15.2. The molecule has 2 rings (SSSR count). The number of hydrogen-bond acceptors (Lipinski definition) is 5. The molecule has 0 fully saturated rings. The lowest BCUT2D eigenvalue weighted by molar-refractivity contribution is 0.100. The van der Waals surface area contributed by atoms with Crippen molar-refractivity contribution in [1.82, 2.24) is 10.2 Å². The van der Waals surface area contributed by atoms with Crippen LogP contribution in [0.15, 0.2) is 18.2 Å². The zero-order chi connectivity index (χ0) is 20.1. The zero-order valence-corrected chi connectivity index (χ0v) is 16.0. The SMILES string of the molecule is CCC.COC.NC(=O)c1c(N)n[nH]c1C#Cc1cc(C=O)ccc1Cl. The summed E-state index contributed by atoms with van der Waals surface area (Å²) in [6.45, 7) is 4.25. The summed E-state index contributed by atoms with van der Waals surface area (Å²) in [4.78, 5) is 21.9. The average molecular weight is 379 g/mol. The number of primary amides is 1. The molecule has 1 aromatic heterocycles. The maximum absolute atomic E-state index is 11.2. The van der Waals surface area contributed by atoms with Crippen molar-refractivity contribution in [3.63, 3.8) is 0 Å². The van der Waals surface area contributed by atoms with Crippen LogP contribution in [0.4, 0.5) is 5.82 Å². The third-order valence-electron chi connectivity index (χ3n) is 2.49. The van der Waals surface area contributed by atoms with E-state index >= 15 is 0 Å². The average Bonchev–Trinajstić information content (AvgIpc) is 2.96. The van der Waals surface area contributed by atoms with Crippen LogP contribution >= 0.6 is 11.6 Å². The Hall–Kier alpha value is -2.82. The summed E-state index contributed by atoms with van der Waals surface area (Å²) in [5.74, 6) is 4.66. The summed E-state index contributed by atoms with van der Waals surface area (Å²) >= 11 is 5.97. The number of ether oxygens (including phenoxy) is 1. The first-order valence-corrected chi connectivity index (χ1v) is 8.04. The number of methoxy groups -OCH3 is 1. The minimum Gasteiger partial charge on any atom is -0.388 e. The number of H-pyrrole nitrogens is 1. The van der Waals surface area contributed by atoms with Crippen molar-refractivity contribution in [2.75, 3.05) is 20.0 Å². The molecule has 26 heavy (non-hydrogen) atoms. The Labute approximate surface area is 158 Å². The van der Waals surface area contributed by atoms with Gasteiger partial charge in [-0.05, 0) is 18.1 Å². The molecule has 140 valence electrons. The smallest absolute Gasteiger partial charge is 0.255 e. The number of hydrogen-bond donors (Lipinski definition) is 3. The Morgan fingerprint density at radius 1 is 1.35 bits per heavy atom. The standard InChI is InChI=1S/C13H9ClN4O2.C3H8.C2H6O/c14-9-3-1-7(6-19)5-8(9)2-4-10-11(13(16)20)12(15)18-17-10;2*1-3-2/h1,3,5-6H,(H2,16,20)(H3,15,17,18);3H2,1-2H3;1-2H3. The molecule has 0 atom stereocenters. The molecule has 0 spiro atoms. The second-order valence-electron chi connectivity index (χ2n) is 4.95. The van der Waals surface area contributed by atoms with E-state index in [1.165, 1.54) is 12.5 Å². The lowest BCUT2D eigenvalue weighted by Crippen LogP contribution is -2.13. The van der Waals surface area contributed by atoms with Crippen molar-refractivity contribution < 1.29 is 14.3 Å². The summed E-state index contributed by atoms with van der Waals surface area (Å²) in [7, 11) is 3.25. The number of amides is 1. The van der Waals surface area contributed by atoms with E-state index in [1.54, 1.807) is 26.4 Å². The number of anilines is 1. The number of halogens is 1. The van der Waals surface area contributed by atoms with Crippen molar-refractivity contribution in [2.45, 2.75) is 20.3 Å². The number of aromatic amines is 1. The number of aldehydes is 1. The van der Waals surface area contributed by atoms with Crippen molar-refractivity contribution >= 4 is 29.6 Å². The fourth-order valence-electron chi connectivity index (χ4n) is 1.54. The van der Waals surface area contributed by atoms with Crippen molar-refractivity contribution in [3.8, 4) is 11.8 Å². The van der Waals surface area contributed by atoms with Crippen LogP contribution in [0.25, 0.3) is 0 Å². The number of benzene rings is 1. The van der Waals surface area contributed by atoms with Gasteiger partial charge in [0.05, 0.1) is 5.02 Å². The van der Waals surface area contributed by atoms with Crippen molar-refractivity contribution in [1.29, 1.82) is 0 Å². The first-order chi connectivity index (χ1) is 12.4. The largest absolute Gasteiger partial charge is 0.388 e. The molecule has 7 nitrogen and oxygen atoms in total. The highest BCUT2D eigenvalue weighted by Crippen LogP contribution is 2.17. The molecule has 0 saturated heterocycles. The molecule has 0 aliphatic carbocycles. The Balaban J connectivity index is 0.000000918. The second-order valence-corrected chi connectivity index (χ2v) is 5.35. The highest BCUT2D eigenvalue weighted by molar-refractivity contribution is 6.31. The first kappa shape index (κ1) is 23.2. The van der Waals surface area contributed by atoms with Crippen LogP contribution in [-0.2, 0) is 4.74 Å². The molecular formula is C18H23ClN4O3. The second kappa shape index (κ2) is 12.5. The van der Waals surface area contributed by atoms with Crippen LogP contribution in [0.3, 0.4) is 0 Å². The number of rotatable bonds is 2. The third-order valence-corrected chi connectivity index (χ3v) is 2.82. The van der Waals surface area contributed by atoms with Crippen LogP contribution in [0.2, 0.25) is 5.02 Å². The van der Waals surface area contributed by atoms with Gasteiger partial charge in [0.15, 0.2) is 5.82 Å². The fraction of sp³-hybridized carbons (Fsp3) is 0.278. The maximum Gasteiger partial charge on any atom is 0.255 e. The molecule has 2 aromatic rings. The normalized spacial score (nSPS) is 8.81. The van der Waals surface area contributed by atoms with E-state index in [9.17, 15) is 9.59 Å². The topological polar surface area (TPSA) is 124 Å². The summed E-state index contributed by atoms with van der Waals surface area (Å²) in [6, 6.07) is 4.67. The van der Waals surface area contributed by atoms with Gasteiger partial charge < -0.3 is 16.2 Å². The van der Waals surface area contributed by atoms with Crippen LogP contribution in [-0.4, -0.2) is 36.6 Å². The van der Waals surface area contributed by atoms with Gasteiger partial charge in [-0.2, -0.15) is 5.10 Å². The number of nitrogens with one attached hydrogen (secondary N) is 1. The van der Waals surface area contributed by atoms with E-state index in [2.05, 4.69) is 40.6 Å². The van der Waals surface area contributed by atoms with E-state index in [0.29, 0.717) is 22.4 Å². The predicted molar refractivity (Wildman–Crippen MR) is 103 cm³/mol. The molecule has 5 N–H and O–H groups in total. The van der Waals surface area contributed by atoms with Crippen LogP contribution < -0.4 is 11.5 Å². The van der Waals surface area contributed by atoms with E-state index in [0.717, 1.165) is 0 Å². The Morgan fingerprint density at radius 2 is 1.92 bits per heavy atom. The number of nitrogens with zero attached hydrogens (tertiary/aromatic N) is 1. The minimum atomic E-state index is -0.728. The monoisotopic (exact) mass is 378 g/mol. The predicted octanol–water partition coefficient (Wildman–Crippen LogP) is 2.64. The van der Waals surface area contributed by atoms with E-state index in [-0.39, 0.29) is 17.1 Å². The van der Waals surface area contributed by atoms with E-state index in [4.69, 9.17) is 23.1 Å². The lowest BCUT2D eigenvalue weighted by atomic mass is 10.1. The number of carbonyl (C=O) groups excluding carboxylic acids is 2. The van der Waals surface area contributed by atoms with Crippen LogP contribution in [0.5, 0.6) is 0 Å². The fourth-order valence-corrected chi connectivity index (χ4v) is 1.70. The molecular weight excluding hydrogens is 356 g/mol. The first-order valence-electron chi connectivity index (χ1n) is 7.66. The molecule has 1 aromatic carbocycles. The third kappa shape index (κ3) is 7.38. The number of aromatic nitrogens is 2. The number of carbonyl (C=O) groups is 2. The van der Waals surface area contributed by atoms with Crippen LogP contribution in [0, 0.1) is 11.8 Å². The summed E-state index contributed by atoms with van der Waals surface area (Å²) in [5.41, 5.74) is 11.8. The van der Waals surface area contributed by atoms with Gasteiger partial charge >= 0.3 is 0 Å². The Kier molecular flexibility index (Phi) is 11.2. The summed E-state index contributed by atoms with van der Waals surface area (Å²) < 4.78 is 4.25. The van der Waals surface area contributed by atoms with Crippen LogP contribution in [0.1, 0.15) is 52.2 Å². The minimum absolute atomic E-state index is 0.0189. The van der Waals surface area contributed by atoms with Gasteiger partial charge in [0.25, 0.3) is 5.91 Å². The molecule has 1 amide bonds. The van der Waals surface area contributed by atoms with Gasteiger partial charge in [-0.1, -0.05) is 43.9 Å². The van der Waals surface area contributed by atoms with Crippen molar-refractivity contribution in [2.24, 2.45) is 5.73 Å². The molecule has 0 bridgehead atoms. The van der Waals surface area contributed by atoms with E-state index < -0.39 is 5.91 Å². The van der Waals surface area contributed by atoms with Gasteiger partial charge in [-0.15, -0.1) is 0 Å². The molecule has 8 heteroatoms. The molecule has 1 heterocycles. The molecule has 0 radical (unpaired) electrons. The highest BCUT2D eigenvalue weighted by Gasteiger charge is 2.14.